The number of benzene rings is 2. The molecule has 0 radical (unpaired) electrons. The minimum absolute atomic E-state index is 0.0274. The molecule has 0 spiro atoms. The number of Topliss-reactive ketones (excluding diaryl/α,β-unsaturated/α-hetero) is 1. The number of ether oxygens (including phenoxy) is 1. The molecular formula is C25H30O2. The van der Waals surface area contributed by atoms with E-state index in [2.05, 4.69) is 43.3 Å². The molecule has 1 atom stereocenters. The van der Waals surface area contributed by atoms with Gasteiger partial charge in [0, 0.05) is 23.0 Å². The first-order valence-corrected chi connectivity index (χ1v) is 10.5. The van der Waals surface area contributed by atoms with Gasteiger partial charge in [0.15, 0.2) is 5.78 Å². The zero-order valence-corrected chi connectivity index (χ0v) is 16.4. The van der Waals surface area contributed by atoms with Crippen molar-refractivity contribution in [2.24, 2.45) is 5.92 Å². The molecule has 1 unspecified atom stereocenters. The fourth-order valence-electron chi connectivity index (χ4n) is 4.78. The molecule has 2 aliphatic rings. The Hall–Kier alpha value is -2.09. The van der Waals surface area contributed by atoms with E-state index in [1.165, 1.54) is 43.2 Å². The van der Waals surface area contributed by atoms with Gasteiger partial charge in [-0.2, -0.15) is 0 Å². The van der Waals surface area contributed by atoms with Gasteiger partial charge in [0.25, 0.3) is 0 Å². The van der Waals surface area contributed by atoms with Gasteiger partial charge in [0.05, 0.1) is 6.61 Å². The molecule has 2 aromatic carbocycles. The van der Waals surface area contributed by atoms with Crippen LogP contribution in [-0.2, 0) is 11.8 Å². The molecule has 2 nitrogen and oxygen atoms in total. The molecule has 1 saturated carbocycles. The molecule has 2 aromatic rings. The number of rotatable bonds is 6. The van der Waals surface area contributed by atoms with Crippen LogP contribution in [0.2, 0.25) is 0 Å². The van der Waals surface area contributed by atoms with Gasteiger partial charge >= 0.3 is 0 Å². The molecule has 1 aliphatic heterocycles. The highest BCUT2D eigenvalue weighted by Crippen LogP contribution is 2.41. The Labute approximate surface area is 162 Å². The van der Waals surface area contributed by atoms with Crippen LogP contribution in [0.4, 0.5) is 0 Å². The molecule has 4 rings (SSSR count). The van der Waals surface area contributed by atoms with Crippen molar-refractivity contribution in [3.8, 4) is 5.75 Å². The number of ketones is 1. The highest BCUT2D eigenvalue weighted by Gasteiger charge is 2.36. The van der Waals surface area contributed by atoms with Crippen molar-refractivity contribution in [3.63, 3.8) is 0 Å². The smallest absolute Gasteiger partial charge is 0.163 e. The van der Waals surface area contributed by atoms with Crippen molar-refractivity contribution in [1.29, 1.82) is 0 Å². The molecule has 1 fully saturated rings. The van der Waals surface area contributed by atoms with Crippen molar-refractivity contribution in [2.45, 2.75) is 63.7 Å². The van der Waals surface area contributed by atoms with Crippen LogP contribution < -0.4 is 4.74 Å². The van der Waals surface area contributed by atoms with E-state index >= 15 is 0 Å². The van der Waals surface area contributed by atoms with Gasteiger partial charge in [-0.3, -0.25) is 4.79 Å². The molecule has 0 N–H and O–H groups in total. The van der Waals surface area contributed by atoms with Gasteiger partial charge in [0.2, 0.25) is 0 Å². The number of carbonyl (C=O) groups excluding carboxylic acids is 1. The minimum Gasteiger partial charge on any atom is -0.492 e. The molecule has 1 aliphatic carbocycles. The van der Waals surface area contributed by atoms with Crippen LogP contribution in [0.15, 0.2) is 48.5 Å². The quantitative estimate of drug-likeness (QED) is 0.578. The van der Waals surface area contributed by atoms with E-state index in [1.54, 1.807) is 0 Å². The summed E-state index contributed by atoms with van der Waals surface area (Å²) >= 11 is 0. The summed E-state index contributed by atoms with van der Waals surface area (Å²) in [6.45, 7) is 2.94. The van der Waals surface area contributed by atoms with Gasteiger partial charge in [-0.1, -0.05) is 81.5 Å². The largest absolute Gasteiger partial charge is 0.492 e. The van der Waals surface area contributed by atoms with Crippen LogP contribution in [0.5, 0.6) is 5.75 Å². The number of carbonyl (C=O) groups is 1. The lowest BCUT2D eigenvalue weighted by Crippen LogP contribution is -2.26. The number of hydrogen-bond donors (Lipinski definition) is 0. The van der Waals surface area contributed by atoms with Gasteiger partial charge in [-0.25, -0.2) is 0 Å². The lowest BCUT2D eigenvalue weighted by Gasteiger charge is -2.23. The van der Waals surface area contributed by atoms with Gasteiger partial charge < -0.3 is 4.74 Å². The normalized spacial score (nSPS) is 22.3. The maximum absolute atomic E-state index is 12.7. The molecule has 0 amide bonds. The Morgan fingerprint density at radius 1 is 1.07 bits per heavy atom. The summed E-state index contributed by atoms with van der Waals surface area (Å²) in [5.74, 6) is 1.92. The maximum atomic E-state index is 12.7. The summed E-state index contributed by atoms with van der Waals surface area (Å²) in [7, 11) is 0. The SMILES string of the molecule is CC1(Cc2ccccc2)COc2cc(C(=O)CCC3CCCCC3)ccc21. The lowest BCUT2D eigenvalue weighted by molar-refractivity contribution is 0.0970. The molecule has 0 aromatic heterocycles. The summed E-state index contributed by atoms with van der Waals surface area (Å²) in [4.78, 5) is 12.7. The number of hydrogen-bond acceptors (Lipinski definition) is 2. The van der Waals surface area contributed by atoms with Crippen LogP contribution in [0, 0.1) is 5.92 Å². The number of fused-ring (bicyclic) bond motifs is 1. The predicted molar refractivity (Wildman–Crippen MR) is 110 cm³/mol. The highest BCUT2D eigenvalue weighted by atomic mass is 16.5. The third kappa shape index (κ3) is 4.10. The van der Waals surface area contributed by atoms with Crippen LogP contribution in [0.25, 0.3) is 0 Å². The Balaban J connectivity index is 1.43. The van der Waals surface area contributed by atoms with E-state index in [4.69, 9.17) is 4.74 Å². The molecule has 0 saturated heterocycles. The predicted octanol–water partition coefficient (Wildman–Crippen LogP) is 6.12. The first kappa shape index (κ1) is 18.3. The second kappa shape index (κ2) is 7.88. The monoisotopic (exact) mass is 362 g/mol. The fourth-order valence-corrected chi connectivity index (χ4v) is 4.78. The van der Waals surface area contributed by atoms with E-state index in [1.807, 2.05) is 12.1 Å². The topological polar surface area (TPSA) is 26.3 Å². The van der Waals surface area contributed by atoms with Crippen LogP contribution in [0.3, 0.4) is 0 Å². The van der Waals surface area contributed by atoms with Crippen molar-refractivity contribution < 1.29 is 9.53 Å². The summed E-state index contributed by atoms with van der Waals surface area (Å²) < 4.78 is 6.02. The van der Waals surface area contributed by atoms with E-state index in [9.17, 15) is 4.79 Å². The van der Waals surface area contributed by atoms with E-state index in [0.29, 0.717) is 13.0 Å². The molecule has 142 valence electrons. The second-order valence-electron chi connectivity index (χ2n) is 8.69. The third-order valence-corrected chi connectivity index (χ3v) is 6.44. The summed E-state index contributed by atoms with van der Waals surface area (Å²) in [5, 5.41) is 0. The lowest BCUT2D eigenvalue weighted by atomic mass is 9.78. The van der Waals surface area contributed by atoms with Crippen LogP contribution in [-0.4, -0.2) is 12.4 Å². The Kier molecular flexibility index (Phi) is 5.33. The molecule has 0 bridgehead atoms. The average molecular weight is 363 g/mol. The fraction of sp³-hybridized carbons (Fsp3) is 0.480. The Morgan fingerprint density at radius 3 is 2.63 bits per heavy atom. The van der Waals surface area contributed by atoms with E-state index < -0.39 is 0 Å². The molecular weight excluding hydrogens is 332 g/mol. The highest BCUT2D eigenvalue weighted by molar-refractivity contribution is 5.96. The van der Waals surface area contributed by atoms with Crippen molar-refractivity contribution in [1.82, 2.24) is 0 Å². The molecule has 27 heavy (non-hydrogen) atoms. The van der Waals surface area contributed by atoms with E-state index in [0.717, 1.165) is 30.1 Å². The third-order valence-electron chi connectivity index (χ3n) is 6.44. The first-order valence-electron chi connectivity index (χ1n) is 10.5. The van der Waals surface area contributed by atoms with Crippen molar-refractivity contribution in [2.75, 3.05) is 6.61 Å². The minimum atomic E-state index is -0.0274. The molecule has 2 heteroatoms. The summed E-state index contributed by atoms with van der Waals surface area (Å²) in [6, 6.07) is 16.7. The molecule has 1 heterocycles. The summed E-state index contributed by atoms with van der Waals surface area (Å²) in [6.07, 6.45) is 9.32. The Bertz CT molecular complexity index is 789. The Morgan fingerprint density at radius 2 is 1.85 bits per heavy atom. The first-order chi connectivity index (χ1) is 13.1. The van der Waals surface area contributed by atoms with Gasteiger partial charge in [0.1, 0.15) is 5.75 Å². The van der Waals surface area contributed by atoms with Gasteiger partial charge in [-0.15, -0.1) is 0 Å². The zero-order valence-electron chi connectivity index (χ0n) is 16.4. The maximum Gasteiger partial charge on any atom is 0.163 e. The van der Waals surface area contributed by atoms with Crippen molar-refractivity contribution >= 4 is 5.78 Å². The van der Waals surface area contributed by atoms with E-state index in [-0.39, 0.29) is 11.2 Å². The summed E-state index contributed by atoms with van der Waals surface area (Å²) in [5.41, 5.74) is 3.34. The van der Waals surface area contributed by atoms with Gasteiger partial charge in [-0.05, 0) is 30.4 Å². The zero-order chi connectivity index (χ0) is 18.7. The van der Waals surface area contributed by atoms with Crippen molar-refractivity contribution in [3.05, 3.63) is 65.2 Å². The second-order valence-corrected chi connectivity index (χ2v) is 8.69. The van der Waals surface area contributed by atoms with Crippen LogP contribution in [0.1, 0.15) is 73.4 Å². The standard InChI is InChI=1S/C25H30O2/c1-25(17-20-10-6-3-7-11-20)18-27-24-16-21(13-14-22(24)25)23(26)15-12-19-8-4-2-5-9-19/h3,6-7,10-11,13-14,16,19H,2,4-5,8-9,12,15,17-18H2,1H3. The van der Waals surface area contributed by atoms with Crippen LogP contribution >= 0.6 is 0 Å². The average Bonchev–Trinajstić information content (AvgIpc) is 3.03.